The molecule has 0 atom stereocenters. The molecule has 1 saturated heterocycles. The van der Waals surface area contributed by atoms with Crippen molar-refractivity contribution in [1.82, 2.24) is 9.80 Å². The zero-order valence-electron chi connectivity index (χ0n) is 12.5. The highest BCUT2D eigenvalue weighted by Crippen LogP contribution is 2.25. The molecule has 4 nitrogen and oxygen atoms in total. The predicted molar refractivity (Wildman–Crippen MR) is 82.7 cm³/mol. The molecule has 2 aliphatic rings. The molecule has 5 heteroatoms. The summed E-state index contributed by atoms with van der Waals surface area (Å²) in [5, 5.41) is 0. The van der Waals surface area contributed by atoms with E-state index >= 15 is 0 Å². The van der Waals surface area contributed by atoms with E-state index in [1.807, 2.05) is 16.1 Å². The molecule has 114 valence electrons. The van der Waals surface area contributed by atoms with Crippen LogP contribution in [0.25, 0.3) is 0 Å². The van der Waals surface area contributed by atoms with Crippen LogP contribution in [-0.2, 0) is 9.59 Å². The Morgan fingerprint density at radius 2 is 1.60 bits per heavy atom. The van der Waals surface area contributed by atoms with Gasteiger partial charge in [0.1, 0.15) is 0 Å². The molecule has 20 heavy (non-hydrogen) atoms. The maximum atomic E-state index is 12.4. The van der Waals surface area contributed by atoms with Gasteiger partial charge in [0.25, 0.3) is 0 Å². The zero-order valence-corrected chi connectivity index (χ0v) is 13.3. The molecule has 2 rings (SSSR count). The van der Waals surface area contributed by atoms with Crippen LogP contribution in [0.3, 0.4) is 0 Å². The summed E-state index contributed by atoms with van der Waals surface area (Å²) in [5.74, 6) is 1.72. The maximum absolute atomic E-state index is 12.4. The first-order valence-electron chi connectivity index (χ1n) is 7.78. The van der Waals surface area contributed by atoms with Crippen molar-refractivity contribution < 1.29 is 9.59 Å². The molecule has 0 N–H and O–H groups in total. The molecule has 0 bridgehead atoms. The van der Waals surface area contributed by atoms with Gasteiger partial charge in [-0.15, -0.1) is 0 Å². The Morgan fingerprint density at radius 1 is 1.00 bits per heavy atom. The normalized spacial score (nSPS) is 21.1. The summed E-state index contributed by atoms with van der Waals surface area (Å²) >= 11 is 1.71. The number of rotatable bonds is 4. The Kier molecular flexibility index (Phi) is 6.20. The lowest BCUT2D eigenvalue weighted by molar-refractivity contribution is -0.142. The number of piperazine rings is 1. The van der Waals surface area contributed by atoms with Gasteiger partial charge >= 0.3 is 0 Å². The van der Waals surface area contributed by atoms with Crippen molar-refractivity contribution in [2.24, 2.45) is 5.92 Å². The first kappa shape index (κ1) is 15.7. The van der Waals surface area contributed by atoms with Gasteiger partial charge in [0, 0.05) is 44.3 Å². The quantitative estimate of drug-likeness (QED) is 0.797. The monoisotopic (exact) mass is 298 g/mol. The highest BCUT2D eigenvalue weighted by Gasteiger charge is 2.29. The van der Waals surface area contributed by atoms with Gasteiger partial charge in [-0.1, -0.05) is 19.3 Å². The van der Waals surface area contributed by atoms with Crippen molar-refractivity contribution in [3.05, 3.63) is 0 Å². The third-order valence-electron chi connectivity index (χ3n) is 4.42. The van der Waals surface area contributed by atoms with Crippen molar-refractivity contribution in [1.29, 1.82) is 0 Å². The van der Waals surface area contributed by atoms with Gasteiger partial charge in [0.15, 0.2) is 0 Å². The molecule has 0 radical (unpaired) electrons. The number of nitrogens with zero attached hydrogens (tertiary/aromatic N) is 2. The molecular weight excluding hydrogens is 272 g/mol. The molecule has 0 spiro atoms. The fraction of sp³-hybridized carbons (Fsp3) is 0.867. The van der Waals surface area contributed by atoms with E-state index in [1.165, 1.54) is 19.3 Å². The molecule has 1 aliphatic heterocycles. The Bertz CT molecular complexity index is 335. The molecule has 0 aromatic heterocycles. The van der Waals surface area contributed by atoms with Crippen molar-refractivity contribution >= 4 is 23.6 Å². The lowest BCUT2D eigenvalue weighted by Crippen LogP contribution is -2.52. The maximum Gasteiger partial charge on any atom is 0.225 e. The van der Waals surface area contributed by atoms with E-state index in [1.54, 1.807) is 11.8 Å². The summed E-state index contributed by atoms with van der Waals surface area (Å²) in [4.78, 5) is 28.3. The molecule has 0 unspecified atom stereocenters. The number of hydrogen-bond acceptors (Lipinski definition) is 3. The fourth-order valence-corrected chi connectivity index (χ4v) is 3.51. The van der Waals surface area contributed by atoms with Crippen LogP contribution in [0.5, 0.6) is 0 Å². The average Bonchev–Trinajstić information content (AvgIpc) is 2.53. The molecule has 0 aromatic carbocycles. The summed E-state index contributed by atoms with van der Waals surface area (Å²) in [7, 11) is 0. The highest BCUT2D eigenvalue weighted by molar-refractivity contribution is 7.98. The molecule has 1 heterocycles. The highest BCUT2D eigenvalue weighted by atomic mass is 32.2. The number of hydrogen-bond donors (Lipinski definition) is 0. The topological polar surface area (TPSA) is 40.6 Å². The van der Waals surface area contributed by atoms with E-state index < -0.39 is 0 Å². The first-order chi connectivity index (χ1) is 9.72. The third kappa shape index (κ3) is 4.14. The molecule has 1 aliphatic carbocycles. The molecule has 2 fully saturated rings. The van der Waals surface area contributed by atoms with Gasteiger partial charge in [-0.25, -0.2) is 0 Å². The minimum Gasteiger partial charge on any atom is -0.339 e. The number of thioether (sulfide) groups is 1. The number of carbonyl (C=O) groups is 2. The summed E-state index contributed by atoms with van der Waals surface area (Å²) in [6, 6.07) is 0. The standard InChI is InChI=1S/C15H26N2O2S/c1-20-12-7-14(18)16-8-10-17(11-9-16)15(19)13-5-3-2-4-6-13/h13H,2-12H2,1H3. The van der Waals surface area contributed by atoms with Crippen LogP contribution in [-0.4, -0.2) is 59.8 Å². The van der Waals surface area contributed by atoms with Crippen molar-refractivity contribution in [2.75, 3.05) is 38.2 Å². The lowest BCUT2D eigenvalue weighted by atomic mass is 9.88. The van der Waals surface area contributed by atoms with Crippen molar-refractivity contribution in [3.8, 4) is 0 Å². The minimum absolute atomic E-state index is 0.240. The van der Waals surface area contributed by atoms with Crippen LogP contribution < -0.4 is 0 Å². The van der Waals surface area contributed by atoms with Crippen LogP contribution in [0, 0.1) is 5.92 Å². The smallest absolute Gasteiger partial charge is 0.225 e. The summed E-state index contributed by atoms with van der Waals surface area (Å²) in [5.41, 5.74) is 0. The van der Waals surface area contributed by atoms with Crippen LogP contribution in [0.4, 0.5) is 0 Å². The Labute approximate surface area is 126 Å². The van der Waals surface area contributed by atoms with E-state index in [-0.39, 0.29) is 11.8 Å². The second-order valence-electron chi connectivity index (χ2n) is 5.78. The first-order valence-corrected chi connectivity index (χ1v) is 9.17. The van der Waals surface area contributed by atoms with Gasteiger partial charge in [0.05, 0.1) is 0 Å². The van der Waals surface area contributed by atoms with Gasteiger partial charge in [-0.3, -0.25) is 9.59 Å². The second kappa shape index (κ2) is 7.91. The van der Waals surface area contributed by atoms with Gasteiger partial charge < -0.3 is 9.80 Å². The van der Waals surface area contributed by atoms with Gasteiger partial charge in [-0.05, 0) is 19.1 Å². The predicted octanol–water partition coefficient (Wildman–Crippen LogP) is 1.99. The molecular formula is C15H26N2O2S. The molecule has 0 aromatic rings. The van der Waals surface area contributed by atoms with Crippen LogP contribution >= 0.6 is 11.8 Å². The Hall–Kier alpha value is -0.710. The molecule has 2 amide bonds. The Morgan fingerprint density at radius 3 is 2.20 bits per heavy atom. The lowest BCUT2D eigenvalue weighted by Gasteiger charge is -2.37. The third-order valence-corrected chi connectivity index (χ3v) is 5.03. The van der Waals surface area contributed by atoms with Crippen molar-refractivity contribution in [3.63, 3.8) is 0 Å². The second-order valence-corrected chi connectivity index (χ2v) is 6.77. The SMILES string of the molecule is CSCCC(=O)N1CCN(C(=O)C2CCCCC2)CC1. The summed E-state index contributed by atoms with van der Waals surface area (Å²) in [6.07, 6.45) is 8.44. The largest absolute Gasteiger partial charge is 0.339 e. The Balaban J connectivity index is 1.75. The van der Waals surface area contributed by atoms with Gasteiger partial charge in [-0.2, -0.15) is 11.8 Å². The van der Waals surface area contributed by atoms with E-state index in [0.29, 0.717) is 25.4 Å². The van der Waals surface area contributed by atoms with E-state index in [9.17, 15) is 9.59 Å². The number of amides is 2. The minimum atomic E-state index is 0.240. The number of carbonyl (C=O) groups excluding carboxylic acids is 2. The zero-order chi connectivity index (χ0) is 14.4. The average molecular weight is 298 g/mol. The van der Waals surface area contributed by atoms with E-state index in [0.717, 1.165) is 31.7 Å². The summed E-state index contributed by atoms with van der Waals surface area (Å²) < 4.78 is 0. The van der Waals surface area contributed by atoms with Crippen molar-refractivity contribution in [2.45, 2.75) is 38.5 Å². The van der Waals surface area contributed by atoms with Crippen LogP contribution in [0.2, 0.25) is 0 Å². The van der Waals surface area contributed by atoms with E-state index in [2.05, 4.69) is 0 Å². The van der Waals surface area contributed by atoms with Crippen LogP contribution in [0.1, 0.15) is 38.5 Å². The van der Waals surface area contributed by atoms with E-state index in [4.69, 9.17) is 0 Å². The fourth-order valence-electron chi connectivity index (χ4n) is 3.13. The van der Waals surface area contributed by atoms with Gasteiger partial charge in [0.2, 0.25) is 11.8 Å². The molecule has 1 saturated carbocycles. The van der Waals surface area contributed by atoms with Crippen LogP contribution in [0.15, 0.2) is 0 Å². The summed E-state index contributed by atoms with van der Waals surface area (Å²) in [6.45, 7) is 2.87.